The van der Waals surface area contributed by atoms with E-state index in [4.69, 9.17) is 4.52 Å². The first-order valence-corrected chi connectivity index (χ1v) is 10.0. The average Bonchev–Trinajstić information content (AvgIpc) is 3.23. The van der Waals surface area contributed by atoms with E-state index in [9.17, 15) is 4.79 Å². The lowest BCUT2D eigenvalue weighted by molar-refractivity contribution is 0.0746. The number of carbonyl (C=O) groups excluding carboxylic acids is 1. The summed E-state index contributed by atoms with van der Waals surface area (Å²) in [7, 11) is 0. The molecule has 0 N–H and O–H groups in total. The first-order chi connectivity index (χ1) is 13.6. The van der Waals surface area contributed by atoms with Crippen LogP contribution in [0, 0.1) is 0 Å². The predicted octanol–water partition coefficient (Wildman–Crippen LogP) is 3.42. The molecule has 1 aliphatic heterocycles. The van der Waals surface area contributed by atoms with Crippen molar-refractivity contribution in [3.05, 3.63) is 58.5 Å². The van der Waals surface area contributed by atoms with E-state index in [0.29, 0.717) is 36.8 Å². The van der Waals surface area contributed by atoms with Gasteiger partial charge in [0.15, 0.2) is 0 Å². The molecule has 0 aliphatic carbocycles. The van der Waals surface area contributed by atoms with Crippen molar-refractivity contribution in [2.45, 2.75) is 13.3 Å². The summed E-state index contributed by atoms with van der Waals surface area (Å²) in [5.74, 6) is 2.13. The van der Waals surface area contributed by atoms with E-state index < -0.39 is 0 Å². The molecule has 0 bridgehead atoms. The highest BCUT2D eigenvalue weighted by Gasteiger charge is 2.23. The number of carbonyl (C=O) groups is 1. The van der Waals surface area contributed by atoms with Gasteiger partial charge in [-0.1, -0.05) is 28.0 Å². The standard InChI is InChI=1S/C20H20BrN5O2/c1-2-18-23-19(24-28-18)15-5-8-17(22-13-15)25-9-11-26(12-10-25)20(27)14-3-6-16(21)7-4-14/h3-8,13H,2,9-12H2,1H3. The Morgan fingerprint density at radius 2 is 1.86 bits per heavy atom. The van der Waals surface area contributed by atoms with E-state index in [0.717, 1.165) is 28.9 Å². The van der Waals surface area contributed by atoms with Crippen LogP contribution in [0.4, 0.5) is 5.82 Å². The van der Waals surface area contributed by atoms with Gasteiger partial charge in [0.2, 0.25) is 11.7 Å². The molecule has 1 amide bonds. The zero-order valence-corrected chi connectivity index (χ0v) is 17.1. The van der Waals surface area contributed by atoms with Crippen LogP contribution in [0.1, 0.15) is 23.2 Å². The second-order valence-electron chi connectivity index (χ2n) is 6.56. The molecule has 0 saturated carbocycles. The molecule has 2 aromatic heterocycles. The third-order valence-corrected chi connectivity index (χ3v) is 5.29. The molecule has 0 radical (unpaired) electrons. The number of amides is 1. The smallest absolute Gasteiger partial charge is 0.253 e. The Morgan fingerprint density at radius 3 is 2.46 bits per heavy atom. The van der Waals surface area contributed by atoms with Crippen LogP contribution >= 0.6 is 15.9 Å². The maximum absolute atomic E-state index is 12.6. The Labute approximate surface area is 171 Å². The van der Waals surface area contributed by atoms with Crippen molar-refractivity contribution in [1.29, 1.82) is 0 Å². The molecule has 7 nitrogen and oxygen atoms in total. The fourth-order valence-corrected chi connectivity index (χ4v) is 3.40. The molecule has 144 valence electrons. The maximum Gasteiger partial charge on any atom is 0.253 e. The van der Waals surface area contributed by atoms with Crippen molar-refractivity contribution < 1.29 is 9.32 Å². The van der Waals surface area contributed by atoms with Crippen LogP contribution in [0.3, 0.4) is 0 Å². The van der Waals surface area contributed by atoms with Crippen molar-refractivity contribution in [3.63, 3.8) is 0 Å². The van der Waals surface area contributed by atoms with Gasteiger partial charge in [-0.05, 0) is 36.4 Å². The van der Waals surface area contributed by atoms with Crippen LogP contribution in [0.5, 0.6) is 0 Å². The number of anilines is 1. The van der Waals surface area contributed by atoms with Gasteiger partial charge >= 0.3 is 0 Å². The number of piperazine rings is 1. The van der Waals surface area contributed by atoms with Crippen molar-refractivity contribution >= 4 is 27.7 Å². The molecular formula is C20H20BrN5O2. The van der Waals surface area contributed by atoms with Gasteiger partial charge in [-0.15, -0.1) is 0 Å². The molecule has 0 unspecified atom stereocenters. The van der Waals surface area contributed by atoms with E-state index in [2.05, 4.69) is 36.0 Å². The molecule has 0 spiro atoms. The number of hydrogen-bond acceptors (Lipinski definition) is 6. The second kappa shape index (κ2) is 8.10. The number of aryl methyl sites for hydroxylation is 1. The van der Waals surface area contributed by atoms with Crippen LogP contribution in [0.25, 0.3) is 11.4 Å². The summed E-state index contributed by atoms with van der Waals surface area (Å²) in [4.78, 5) is 25.6. The highest BCUT2D eigenvalue weighted by Crippen LogP contribution is 2.20. The van der Waals surface area contributed by atoms with Gasteiger partial charge in [0.05, 0.1) is 0 Å². The van der Waals surface area contributed by atoms with Gasteiger partial charge in [-0.2, -0.15) is 4.98 Å². The predicted molar refractivity (Wildman–Crippen MR) is 109 cm³/mol. The third kappa shape index (κ3) is 3.91. The Bertz CT molecular complexity index is 947. The van der Waals surface area contributed by atoms with Crippen LogP contribution in [-0.4, -0.2) is 52.1 Å². The third-order valence-electron chi connectivity index (χ3n) is 4.76. The van der Waals surface area contributed by atoms with Crippen molar-refractivity contribution in [2.75, 3.05) is 31.1 Å². The highest BCUT2D eigenvalue weighted by atomic mass is 79.9. The maximum atomic E-state index is 12.6. The molecular weight excluding hydrogens is 422 g/mol. The first-order valence-electron chi connectivity index (χ1n) is 9.23. The Kier molecular flexibility index (Phi) is 5.38. The minimum Gasteiger partial charge on any atom is -0.353 e. The molecule has 1 aliphatic rings. The Morgan fingerprint density at radius 1 is 1.11 bits per heavy atom. The molecule has 3 heterocycles. The van der Waals surface area contributed by atoms with Crippen LogP contribution < -0.4 is 4.90 Å². The quantitative estimate of drug-likeness (QED) is 0.617. The zero-order chi connectivity index (χ0) is 19.5. The summed E-state index contributed by atoms with van der Waals surface area (Å²) in [6, 6.07) is 11.4. The minimum absolute atomic E-state index is 0.0688. The Hall–Kier alpha value is -2.74. The van der Waals surface area contributed by atoms with Gasteiger partial charge in [0.25, 0.3) is 5.91 Å². The van der Waals surface area contributed by atoms with Gasteiger partial charge in [0.1, 0.15) is 5.82 Å². The number of aromatic nitrogens is 3. The molecule has 1 aromatic carbocycles. The fourth-order valence-electron chi connectivity index (χ4n) is 3.13. The van der Waals surface area contributed by atoms with E-state index in [1.54, 1.807) is 6.20 Å². The molecule has 1 fully saturated rings. The summed E-state index contributed by atoms with van der Waals surface area (Å²) in [5, 5.41) is 3.98. The van der Waals surface area contributed by atoms with E-state index >= 15 is 0 Å². The molecule has 0 atom stereocenters. The normalized spacial score (nSPS) is 14.4. The summed E-state index contributed by atoms with van der Waals surface area (Å²) in [5.41, 5.74) is 1.54. The number of rotatable bonds is 4. The van der Waals surface area contributed by atoms with Gasteiger partial charge in [0, 0.05) is 54.4 Å². The molecule has 8 heteroatoms. The number of halogens is 1. The molecule has 3 aromatic rings. The van der Waals surface area contributed by atoms with Crippen LogP contribution in [0.15, 0.2) is 51.6 Å². The number of benzene rings is 1. The first kappa shape index (κ1) is 18.6. The highest BCUT2D eigenvalue weighted by molar-refractivity contribution is 9.10. The lowest BCUT2D eigenvalue weighted by atomic mass is 10.2. The summed E-state index contributed by atoms with van der Waals surface area (Å²) < 4.78 is 6.12. The fraction of sp³-hybridized carbons (Fsp3) is 0.300. The largest absolute Gasteiger partial charge is 0.353 e. The topological polar surface area (TPSA) is 75.4 Å². The van der Waals surface area contributed by atoms with Crippen molar-refractivity contribution in [2.24, 2.45) is 0 Å². The van der Waals surface area contributed by atoms with Gasteiger partial charge < -0.3 is 14.3 Å². The molecule has 1 saturated heterocycles. The molecule has 28 heavy (non-hydrogen) atoms. The summed E-state index contributed by atoms with van der Waals surface area (Å²) in [6.45, 7) is 4.81. The minimum atomic E-state index is 0.0688. The lowest BCUT2D eigenvalue weighted by Gasteiger charge is -2.35. The van der Waals surface area contributed by atoms with E-state index in [1.165, 1.54) is 0 Å². The number of hydrogen-bond donors (Lipinski definition) is 0. The van der Waals surface area contributed by atoms with E-state index in [1.807, 2.05) is 48.2 Å². The van der Waals surface area contributed by atoms with Crippen LogP contribution in [-0.2, 0) is 6.42 Å². The zero-order valence-electron chi connectivity index (χ0n) is 15.5. The summed E-state index contributed by atoms with van der Waals surface area (Å²) in [6.07, 6.45) is 2.47. The Balaban J connectivity index is 1.38. The van der Waals surface area contributed by atoms with Crippen molar-refractivity contribution in [3.8, 4) is 11.4 Å². The van der Waals surface area contributed by atoms with Crippen molar-refractivity contribution in [1.82, 2.24) is 20.0 Å². The number of pyridine rings is 1. The lowest BCUT2D eigenvalue weighted by Crippen LogP contribution is -2.49. The van der Waals surface area contributed by atoms with Crippen LogP contribution in [0.2, 0.25) is 0 Å². The summed E-state index contributed by atoms with van der Waals surface area (Å²) >= 11 is 3.40. The van der Waals surface area contributed by atoms with Gasteiger partial charge in [-0.25, -0.2) is 4.98 Å². The second-order valence-corrected chi connectivity index (χ2v) is 7.47. The SMILES string of the molecule is CCc1nc(-c2ccc(N3CCN(C(=O)c4ccc(Br)cc4)CC3)nc2)no1. The molecule has 4 rings (SSSR count). The van der Waals surface area contributed by atoms with Gasteiger partial charge in [-0.3, -0.25) is 4.79 Å². The average molecular weight is 442 g/mol. The monoisotopic (exact) mass is 441 g/mol. The number of nitrogens with zero attached hydrogens (tertiary/aromatic N) is 5. The van der Waals surface area contributed by atoms with E-state index in [-0.39, 0.29) is 5.91 Å².